The van der Waals surface area contributed by atoms with Crippen LogP contribution in [0.25, 0.3) is 0 Å². The Morgan fingerprint density at radius 2 is 0.804 bits per heavy atom. The van der Waals surface area contributed by atoms with E-state index < -0.39 is 57.0 Å². The maximum atomic E-state index is 12.9. The van der Waals surface area contributed by atoms with E-state index in [4.69, 9.17) is 32.8 Å². The number of aromatic nitrogens is 8. The van der Waals surface area contributed by atoms with Gasteiger partial charge in [0.15, 0.2) is 0 Å². The van der Waals surface area contributed by atoms with Crippen LogP contribution in [0.5, 0.6) is 0 Å². The molecule has 8 atom stereocenters. The molecular weight excluding hydrogens is 1490 g/mol. The van der Waals surface area contributed by atoms with E-state index in [-0.39, 0.29) is 60.3 Å². The summed E-state index contributed by atoms with van der Waals surface area (Å²) in [6, 6.07) is 5.99. The van der Waals surface area contributed by atoms with Gasteiger partial charge in [-0.3, -0.25) is 14.6 Å². The van der Waals surface area contributed by atoms with Crippen molar-refractivity contribution in [1.82, 2.24) is 80.6 Å². The molecule has 112 heavy (non-hydrogen) atoms. The number of piperidine rings is 4. The molecule has 17 rings (SSSR count). The zero-order valence-electron chi connectivity index (χ0n) is 65.6. The molecule has 38 heteroatoms. The second kappa shape index (κ2) is 34.1. The van der Waals surface area contributed by atoms with Gasteiger partial charge in [-0.05, 0) is 150 Å². The van der Waals surface area contributed by atoms with Crippen molar-refractivity contribution in [3.63, 3.8) is 0 Å². The quantitative estimate of drug-likeness (QED) is 0.0161. The third kappa shape index (κ3) is 20.4. The van der Waals surface area contributed by atoms with Gasteiger partial charge in [0.05, 0.1) is 50.3 Å². The molecule has 4 aliphatic carbocycles. The summed E-state index contributed by atoms with van der Waals surface area (Å²) in [6.45, 7) is 23.7. The number of rotatable bonds is 31. The average molecular weight is 1610 g/mol. The zero-order chi connectivity index (χ0) is 79.5. The predicted octanol–water partition coefficient (Wildman–Crippen LogP) is 10.8. The van der Waals surface area contributed by atoms with Crippen molar-refractivity contribution in [2.24, 2.45) is 22.0 Å². The molecule has 5 aromatic rings. The highest BCUT2D eigenvalue weighted by atomic mass is 32.3. The molecule has 0 radical (unpaired) electrons. The molecular formula is C74H112N18O18S2. The molecule has 4 saturated carbocycles. The summed E-state index contributed by atoms with van der Waals surface area (Å²) in [5.74, 6) is 4.05. The van der Waals surface area contributed by atoms with Crippen LogP contribution in [0.3, 0.4) is 0 Å². The van der Waals surface area contributed by atoms with Crippen molar-refractivity contribution in [1.29, 1.82) is 0 Å². The first-order valence-corrected chi connectivity index (χ1v) is 43.1. The molecule has 12 heterocycles. The number of fused-ring (bicyclic) bond motifs is 8. The van der Waals surface area contributed by atoms with Gasteiger partial charge in [-0.2, -0.15) is 27.9 Å². The first-order chi connectivity index (χ1) is 53.4. The third-order valence-corrected chi connectivity index (χ3v) is 25.0. The number of amides is 8. The normalized spacial score (nSPS) is 25.8. The van der Waals surface area contributed by atoms with E-state index >= 15 is 0 Å². The van der Waals surface area contributed by atoms with E-state index in [1.54, 1.807) is 4.90 Å². The van der Waals surface area contributed by atoms with Gasteiger partial charge >= 0.3 is 34.5 Å². The number of urea groups is 4. The first-order valence-electron chi connectivity index (χ1n) is 40.4. The van der Waals surface area contributed by atoms with Crippen LogP contribution in [0.2, 0.25) is 0 Å². The highest BCUT2D eigenvalue weighted by Gasteiger charge is 2.54. The van der Waals surface area contributed by atoms with Crippen molar-refractivity contribution in [3.05, 3.63) is 83.0 Å². The molecule has 8 saturated heterocycles. The van der Waals surface area contributed by atoms with Crippen LogP contribution in [0, 0.1) is 16.2 Å². The topological polar surface area (TPSA) is 435 Å². The molecule has 4 aromatic heterocycles. The summed E-state index contributed by atoms with van der Waals surface area (Å²) in [4.78, 5) is 61.6. The predicted molar refractivity (Wildman–Crippen MR) is 395 cm³/mol. The Morgan fingerprint density at radius 1 is 0.473 bits per heavy atom. The lowest BCUT2D eigenvalue weighted by Crippen LogP contribution is -2.50. The van der Waals surface area contributed by atoms with E-state index in [9.17, 15) is 45.8 Å². The van der Waals surface area contributed by atoms with Crippen molar-refractivity contribution in [3.8, 4) is 0 Å². The molecule has 8 amide bonds. The fourth-order valence-electron chi connectivity index (χ4n) is 16.3. The van der Waals surface area contributed by atoms with Gasteiger partial charge < -0.3 is 52.0 Å². The fourth-order valence-corrected chi connectivity index (χ4v) is 17.1. The van der Waals surface area contributed by atoms with Crippen molar-refractivity contribution in [2.75, 3.05) is 52.4 Å². The first kappa shape index (κ1) is 82.4. The van der Waals surface area contributed by atoms with Gasteiger partial charge in [-0.15, -0.1) is 45.1 Å². The molecule has 8 bridgehead atoms. The Morgan fingerprint density at radius 3 is 1.15 bits per heavy atom. The second-order valence-electron chi connectivity index (χ2n) is 34.1. The number of hydroxylamine groups is 8. The maximum absolute atomic E-state index is 12.9. The smallest absolute Gasteiger partial charge is 0.418 e. The highest BCUT2D eigenvalue weighted by molar-refractivity contribution is 7.81. The van der Waals surface area contributed by atoms with Gasteiger partial charge in [-0.25, -0.2) is 32.7 Å². The minimum Gasteiger partial charge on any atom is -0.724 e. The Labute approximate surface area is 654 Å². The number of hydrogen-bond donors (Lipinski definition) is 3. The summed E-state index contributed by atoms with van der Waals surface area (Å²) < 4.78 is 96.0. The Balaban J connectivity index is 0.000000124. The monoisotopic (exact) mass is 1600 g/mol. The molecule has 36 nitrogen and oxygen atoms in total. The molecule has 8 aliphatic heterocycles. The Bertz CT molecular complexity index is 4110. The fraction of sp³-hybridized carbons (Fsp3) is 0.757. The van der Waals surface area contributed by atoms with Gasteiger partial charge in [0.1, 0.15) is 30.8 Å². The van der Waals surface area contributed by atoms with Crippen molar-refractivity contribution in [2.45, 2.75) is 289 Å². The number of benzene rings is 1. The number of quaternary nitrogens is 1. The summed E-state index contributed by atoms with van der Waals surface area (Å²) in [5, 5.41) is 46.2. The second-order valence-corrected chi connectivity index (χ2v) is 36.1. The third-order valence-electron chi connectivity index (χ3n) is 24.3. The summed E-state index contributed by atoms with van der Waals surface area (Å²) in [6.07, 6.45) is 28.1. The molecule has 12 fully saturated rings. The standard InChI is InChI=1S/C20H24N4O3.C16H36N.C13H18N4O6S.C13H18N4O3.C12H17N5O6S/c1-20(9-10-20)11-17-21-22-18(27-17)16-8-7-15-12-23(16)19(25)24(15)26-13-14-5-3-2-4-6-14;1-5-9-13-17(14-10-6-2,15-11-7-3)16-12-8-4;1-13(4-5-13)6-10-14-15-11(22-10)9-3-2-8-7-16(9)12(18)17(8)23-24(19,20)21;1-13(4-5-13)6-10-14-15-11(20-10)9-3-2-8-7-16(9)12(18)17(8)19;13-12(3-4-12)5-9-14-15-10(22-9)8-2-1-7-6-16(8)11(18)17(7)23-24(19,20)21/h2-6,15-16H,7-13H2,1H3;5-16H2,1-4H3;8-9H,2-7H2,1H3,(H,19,20,21);8-9,19H,2-7H2,1H3;7-8H,1-6,13H2,(H,19,20,21)/q;+1;;;/p-1/t15-,16+;;2*8-,9+;7-,8+/m1.111/s1. The molecule has 618 valence electrons. The molecule has 1 aromatic carbocycles. The number of nitrogens with zero attached hydrogens (tertiary/aromatic N) is 17. The zero-order valence-corrected chi connectivity index (χ0v) is 67.2. The minimum atomic E-state index is -4.99. The largest absolute Gasteiger partial charge is 0.724 e. The number of carbonyl (C=O) groups is 4. The van der Waals surface area contributed by atoms with E-state index in [0.717, 1.165) is 74.8 Å². The van der Waals surface area contributed by atoms with Gasteiger partial charge in [0.25, 0.3) is 0 Å². The SMILES string of the molecule is CC1(Cc2nnc([C@@H]3CC[C@@H]4CN3C(=O)N4O)o2)CC1.CC1(Cc2nnc([C@@H]3CC[C@@H]4CN3C(=O)N4OCc3ccccc3)o2)CC1.CC1(Cc2nnc([C@@H]3CC[C@@H]4CN3C(=O)N4OS(=O)(=O)[O-])o2)CC1.CCCC[N+](CCCC)(CCCC)CCCC.NC1(Cc2nnc([C@@H]3CC[C@@H]4CN3C(=O)N4OS(=O)(=O)O)o2)CC1. The highest BCUT2D eigenvalue weighted by Crippen LogP contribution is 2.51. The van der Waals surface area contributed by atoms with E-state index in [2.05, 4.69) is 97.8 Å². The number of carbonyl (C=O) groups excluding carboxylic acids is 4. The Kier molecular flexibility index (Phi) is 25.1. The van der Waals surface area contributed by atoms with Crippen LogP contribution in [-0.4, -0.2) is 222 Å². The minimum absolute atomic E-state index is 0.0882. The maximum Gasteiger partial charge on any atom is 0.418 e. The van der Waals surface area contributed by atoms with Crippen molar-refractivity contribution < 1.29 is 85.9 Å². The van der Waals surface area contributed by atoms with E-state index in [1.165, 1.54) is 123 Å². The van der Waals surface area contributed by atoms with Crippen LogP contribution in [-0.2, 0) is 66.5 Å². The van der Waals surface area contributed by atoms with Crippen molar-refractivity contribution >= 4 is 44.9 Å². The lowest BCUT2D eigenvalue weighted by atomic mass is 10.0. The summed E-state index contributed by atoms with van der Waals surface area (Å²) >= 11 is 0. The van der Waals surface area contributed by atoms with E-state index in [0.29, 0.717) is 126 Å². The number of unbranched alkanes of at least 4 members (excludes halogenated alkanes) is 4. The number of nitrogens with two attached hydrogens (primary N) is 1. The molecule has 4 N–H and O–H groups in total. The lowest BCUT2D eigenvalue weighted by molar-refractivity contribution is -0.929. The Hall–Kier alpha value is -7.56. The van der Waals surface area contributed by atoms with Gasteiger partial charge in [0, 0.05) is 57.4 Å². The molecule has 12 aliphatic rings. The molecule has 0 spiro atoms. The lowest BCUT2D eigenvalue weighted by Gasteiger charge is -2.39. The van der Waals surface area contributed by atoms with Gasteiger partial charge in [0.2, 0.25) is 57.5 Å². The number of hydrogen-bond acceptors (Lipinski definition) is 26. The summed E-state index contributed by atoms with van der Waals surface area (Å²) in [7, 11) is -9.75. The molecule has 0 unspecified atom stereocenters. The van der Waals surface area contributed by atoms with E-state index in [1.807, 2.05) is 35.2 Å². The van der Waals surface area contributed by atoms with Crippen LogP contribution < -0.4 is 5.73 Å². The van der Waals surface area contributed by atoms with Gasteiger partial charge in [-0.1, -0.05) is 104 Å². The van der Waals surface area contributed by atoms with Crippen LogP contribution in [0.4, 0.5) is 19.2 Å². The van der Waals surface area contributed by atoms with Crippen LogP contribution >= 0.6 is 0 Å². The average Bonchev–Trinajstić information content (AvgIpc) is 1.62. The van der Waals surface area contributed by atoms with Crippen LogP contribution in [0.15, 0.2) is 48.0 Å². The van der Waals surface area contributed by atoms with Crippen LogP contribution in [0.1, 0.15) is 279 Å². The summed E-state index contributed by atoms with van der Waals surface area (Å²) in [5.41, 5.74) is 7.71.